The van der Waals surface area contributed by atoms with Crippen LogP contribution in [0.15, 0.2) is 0 Å². The molecule has 1 fully saturated rings. The first-order valence-electron chi connectivity index (χ1n) is 3.50. The first-order valence-corrected chi connectivity index (χ1v) is 3.93. The lowest BCUT2D eigenvalue weighted by Gasteiger charge is -2.26. The minimum absolute atomic E-state index is 0.223. The van der Waals surface area contributed by atoms with Crippen LogP contribution in [0.25, 0.3) is 0 Å². The number of halogens is 2. The van der Waals surface area contributed by atoms with Crippen LogP contribution < -0.4 is 0 Å². The quantitative estimate of drug-likeness (QED) is 0.466. The first kappa shape index (κ1) is 7.33. The molecule has 0 saturated heterocycles. The minimum atomic E-state index is -0.754. The number of alkyl halides is 2. The summed E-state index contributed by atoms with van der Waals surface area (Å²) < 4.78 is 12.7. The van der Waals surface area contributed by atoms with Crippen molar-refractivity contribution in [3.05, 3.63) is 0 Å². The highest BCUT2D eigenvalue weighted by atomic mass is 35.5. The Morgan fingerprint density at radius 1 is 1.44 bits per heavy atom. The average molecular weight is 151 g/mol. The normalized spacial score (nSPS) is 45.0. The van der Waals surface area contributed by atoms with Crippen LogP contribution in [0.3, 0.4) is 0 Å². The van der Waals surface area contributed by atoms with Crippen LogP contribution in [0, 0.1) is 5.92 Å². The molecule has 0 bridgehead atoms. The van der Waals surface area contributed by atoms with Gasteiger partial charge in [0.25, 0.3) is 0 Å². The standard InChI is InChI=1S/C7H12ClF/c1-5-3-2-4-6(9)7(5)8/h5-7H,2-4H2,1H3. The third kappa shape index (κ3) is 1.57. The highest BCUT2D eigenvalue weighted by molar-refractivity contribution is 6.21. The molecule has 2 heteroatoms. The van der Waals surface area contributed by atoms with E-state index in [-0.39, 0.29) is 5.38 Å². The van der Waals surface area contributed by atoms with Crippen molar-refractivity contribution in [2.24, 2.45) is 5.92 Å². The van der Waals surface area contributed by atoms with Crippen LogP contribution in [-0.2, 0) is 0 Å². The molecule has 0 aromatic carbocycles. The van der Waals surface area contributed by atoms with E-state index < -0.39 is 6.17 Å². The van der Waals surface area contributed by atoms with Gasteiger partial charge in [0.15, 0.2) is 0 Å². The second-order valence-electron chi connectivity index (χ2n) is 2.87. The molecule has 0 nitrogen and oxygen atoms in total. The molecule has 1 aliphatic rings. The molecule has 0 aliphatic heterocycles. The second-order valence-corrected chi connectivity index (χ2v) is 3.37. The Bertz CT molecular complexity index is 84.9. The maximum absolute atomic E-state index is 12.7. The fourth-order valence-electron chi connectivity index (χ4n) is 1.31. The van der Waals surface area contributed by atoms with E-state index in [0.29, 0.717) is 12.3 Å². The van der Waals surface area contributed by atoms with E-state index in [0.717, 1.165) is 12.8 Å². The second kappa shape index (κ2) is 2.87. The van der Waals surface area contributed by atoms with Crippen LogP contribution in [-0.4, -0.2) is 11.5 Å². The molecule has 1 saturated carbocycles. The highest BCUT2D eigenvalue weighted by Gasteiger charge is 2.28. The molecule has 0 N–H and O–H groups in total. The Morgan fingerprint density at radius 2 is 2.11 bits per heavy atom. The molecule has 0 heterocycles. The predicted octanol–water partition coefficient (Wildman–Crippen LogP) is 2.75. The zero-order chi connectivity index (χ0) is 6.85. The molecule has 9 heavy (non-hydrogen) atoms. The van der Waals surface area contributed by atoms with Gasteiger partial charge in [0.05, 0.1) is 5.38 Å². The average Bonchev–Trinajstić information content (AvgIpc) is 1.83. The van der Waals surface area contributed by atoms with Crippen molar-refractivity contribution in [1.29, 1.82) is 0 Å². The van der Waals surface area contributed by atoms with Gasteiger partial charge in [-0.25, -0.2) is 4.39 Å². The monoisotopic (exact) mass is 150 g/mol. The molecule has 0 amide bonds. The molecular weight excluding hydrogens is 139 g/mol. The van der Waals surface area contributed by atoms with Crippen LogP contribution in [0.2, 0.25) is 0 Å². The summed E-state index contributed by atoms with van der Waals surface area (Å²) in [5, 5.41) is -0.223. The van der Waals surface area contributed by atoms with Gasteiger partial charge in [-0.05, 0) is 18.8 Å². The summed E-state index contributed by atoms with van der Waals surface area (Å²) in [5.74, 6) is 0.371. The molecule has 1 rings (SSSR count). The van der Waals surface area contributed by atoms with Crippen molar-refractivity contribution in [1.82, 2.24) is 0 Å². The van der Waals surface area contributed by atoms with Crippen molar-refractivity contribution in [2.45, 2.75) is 37.7 Å². The van der Waals surface area contributed by atoms with Gasteiger partial charge in [0, 0.05) is 0 Å². The third-order valence-electron chi connectivity index (χ3n) is 2.03. The molecule has 3 unspecified atom stereocenters. The summed E-state index contributed by atoms with van der Waals surface area (Å²) >= 11 is 5.74. The van der Waals surface area contributed by atoms with E-state index in [1.165, 1.54) is 0 Å². The molecule has 0 aromatic rings. The van der Waals surface area contributed by atoms with Crippen molar-refractivity contribution in [3.63, 3.8) is 0 Å². The Balaban J connectivity index is 2.41. The number of hydrogen-bond donors (Lipinski definition) is 0. The van der Waals surface area contributed by atoms with Gasteiger partial charge >= 0.3 is 0 Å². The largest absolute Gasteiger partial charge is 0.246 e. The predicted molar refractivity (Wildman–Crippen MR) is 37.6 cm³/mol. The fourth-order valence-corrected chi connectivity index (χ4v) is 1.56. The fraction of sp³-hybridized carbons (Fsp3) is 1.00. The Kier molecular flexibility index (Phi) is 2.34. The van der Waals surface area contributed by atoms with E-state index >= 15 is 0 Å². The molecular formula is C7H12ClF. The highest BCUT2D eigenvalue weighted by Crippen LogP contribution is 2.30. The van der Waals surface area contributed by atoms with Gasteiger partial charge < -0.3 is 0 Å². The minimum Gasteiger partial charge on any atom is -0.246 e. The van der Waals surface area contributed by atoms with Gasteiger partial charge in [0.2, 0.25) is 0 Å². The molecule has 0 radical (unpaired) electrons. The zero-order valence-corrected chi connectivity index (χ0v) is 6.37. The maximum atomic E-state index is 12.7. The number of hydrogen-bond acceptors (Lipinski definition) is 0. The van der Waals surface area contributed by atoms with Gasteiger partial charge in [0.1, 0.15) is 6.17 Å². The van der Waals surface area contributed by atoms with E-state index in [1.54, 1.807) is 0 Å². The molecule has 1 aliphatic carbocycles. The maximum Gasteiger partial charge on any atom is 0.117 e. The lowest BCUT2D eigenvalue weighted by molar-refractivity contribution is 0.214. The summed E-state index contributed by atoms with van der Waals surface area (Å²) in [4.78, 5) is 0. The Hall–Kier alpha value is 0.220. The molecule has 3 atom stereocenters. The van der Waals surface area contributed by atoms with E-state index in [2.05, 4.69) is 0 Å². The van der Waals surface area contributed by atoms with Gasteiger partial charge in [-0.15, -0.1) is 11.6 Å². The van der Waals surface area contributed by atoms with E-state index in [9.17, 15) is 4.39 Å². The summed E-state index contributed by atoms with van der Waals surface area (Å²) in [6, 6.07) is 0. The van der Waals surface area contributed by atoms with E-state index in [1.807, 2.05) is 6.92 Å². The summed E-state index contributed by atoms with van der Waals surface area (Å²) in [6.45, 7) is 2.02. The van der Waals surface area contributed by atoms with Crippen molar-refractivity contribution in [3.8, 4) is 0 Å². The lowest BCUT2D eigenvalue weighted by Crippen LogP contribution is -2.28. The third-order valence-corrected chi connectivity index (χ3v) is 2.73. The van der Waals surface area contributed by atoms with Crippen molar-refractivity contribution < 1.29 is 4.39 Å². The Morgan fingerprint density at radius 3 is 2.56 bits per heavy atom. The van der Waals surface area contributed by atoms with Gasteiger partial charge in [-0.3, -0.25) is 0 Å². The molecule has 0 aromatic heterocycles. The summed E-state index contributed by atoms with van der Waals surface area (Å²) in [5.41, 5.74) is 0. The van der Waals surface area contributed by atoms with Gasteiger partial charge in [-0.1, -0.05) is 13.3 Å². The van der Waals surface area contributed by atoms with Crippen LogP contribution in [0.4, 0.5) is 4.39 Å². The zero-order valence-electron chi connectivity index (χ0n) is 5.61. The Labute approximate surface area is 60.4 Å². The summed E-state index contributed by atoms with van der Waals surface area (Å²) in [6.07, 6.45) is 2.01. The van der Waals surface area contributed by atoms with Crippen molar-refractivity contribution in [2.75, 3.05) is 0 Å². The topological polar surface area (TPSA) is 0 Å². The summed E-state index contributed by atoms with van der Waals surface area (Å²) in [7, 11) is 0. The smallest absolute Gasteiger partial charge is 0.117 e. The lowest BCUT2D eigenvalue weighted by atomic mass is 9.89. The SMILES string of the molecule is CC1CCCC(F)C1Cl. The van der Waals surface area contributed by atoms with Gasteiger partial charge in [-0.2, -0.15) is 0 Å². The van der Waals surface area contributed by atoms with Crippen LogP contribution >= 0.6 is 11.6 Å². The van der Waals surface area contributed by atoms with E-state index in [4.69, 9.17) is 11.6 Å². The van der Waals surface area contributed by atoms with Crippen LogP contribution in [0.1, 0.15) is 26.2 Å². The van der Waals surface area contributed by atoms with Crippen molar-refractivity contribution >= 4 is 11.6 Å². The number of rotatable bonds is 0. The first-order chi connectivity index (χ1) is 4.22. The molecule has 54 valence electrons. The van der Waals surface area contributed by atoms with Crippen LogP contribution in [0.5, 0.6) is 0 Å². The molecule has 0 spiro atoms.